The highest BCUT2D eigenvalue weighted by molar-refractivity contribution is 7.92. The molecule has 3 aromatic rings. The summed E-state index contributed by atoms with van der Waals surface area (Å²) in [4.78, 5) is 12.3. The van der Waals surface area contributed by atoms with Gasteiger partial charge < -0.3 is 5.32 Å². The van der Waals surface area contributed by atoms with Crippen molar-refractivity contribution in [3.63, 3.8) is 0 Å². The van der Waals surface area contributed by atoms with Gasteiger partial charge in [-0.15, -0.1) is 0 Å². The molecule has 3 rings (SSSR count). The van der Waals surface area contributed by atoms with Crippen molar-refractivity contribution in [3.8, 4) is 0 Å². The molecular formula is C23H22F2N2O3S. The number of hydrogen-bond acceptors (Lipinski definition) is 3. The molecule has 1 amide bonds. The minimum absolute atomic E-state index is 0.130. The van der Waals surface area contributed by atoms with Crippen LogP contribution in [0.25, 0.3) is 0 Å². The number of anilines is 1. The number of carbonyl (C=O) groups is 1. The zero-order chi connectivity index (χ0) is 22.3. The van der Waals surface area contributed by atoms with Gasteiger partial charge in [-0.05, 0) is 66.9 Å². The lowest BCUT2D eigenvalue weighted by molar-refractivity contribution is -0.119. The molecule has 0 aromatic heterocycles. The molecule has 0 bridgehead atoms. The first-order chi connectivity index (χ1) is 14.9. The fourth-order valence-corrected chi connectivity index (χ4v) is 4.43. The smallest absolute Gasteiger partial charge is 0.264 e. The first kappa shape index (κ1) is 22.4. The zero-order valence-corrected chi connectivity index (χ0v) is 17.5. The second-order valence-electron chi connectivity index (χ2n) is 6.88. The minimum atomic E-state index is -4.17. The number of benzene rings is 3. The molecule has 1 N–H and O–H groups in total. The number of nitrogens with zero attached hydrogens (tertiary/aromatic N) is 1. The summed E-state index contributed by atoms with van der Waals surface area (Å²) in [5.41, 5.74) is 1.27. The Kier molecular flexibility index (Phi) is 7.36. The molecule has 8 heteroatoms. The van der Waals surface area contributed by atoms with E-state index in [4.69, 9.17) is 0 Å². The van der Waals surface area contributed by atoms with Gasteiger partial charge in [0.25, 0.3) is 10.0 Å². The quantitative estimate of drug-likeness (QED) is 0.509. The lowest BCUT2D eigenvalue weighted by Gasteiger charge is -2.24. The molecule has 31 heavy (non-hydrogen) atoms. The Hall–Kier alpha value is -3.26. The van der Waals surface area contributed by atoms with Gasteiger partial charge in [0.15, 0.2) is 0 Å². The molecule has 0 saturated heterocycles. The molecule has 0 aliphatic rings. The summed E-state index contributed by atoms with van der Waals surface area (Å²) in [5, 5.41) is 2.72. The van der Waals surface area contributed by atoms with E-state index in [-0.39, 0.29) is 10.6 Å². The molecule has 0 saturated carbocycles. The number of carbonyl (C=O) groups excluding carboxylic acids is 1. The predicted molar refractivity (Wildman–Crippen MR) is 115 cm³/mol. The fourth-order valence-electron chi connectivity index (χ4n) is 3.01. The van der Waals surface area contributed by atoms with Crippen molar-refractivity contribution in [2.45, 2.75) is 17.7 Å². The van der Waals surface area contributed by atoms with E-state index in [1.165, 1.54) is 12.1 Å². The van der Waals surface area contributed by atoms with Gasteiger partial charge >= 0.3 is 0 Å². The van der Waals surface area contributed by atoms with Crippen LogP contribution in [0.5, 0.6) is 0 Å². The molecule has 0 fully saturated rings. The van der Waals surface area contributed by atoms with E-state index in [1.807, 2.05) is 30.3 Å². The highest BCUT2D eigenvalue weighted by Gasteiger charge is 2.27. The molecule has 0 spiro atoms. The van der Waals surface area contributed by atoms with Crippen LogP contribution in [0.1, 0.15) is 12.0 Å². The van der Waals surface area contributed by atoms with E-state index in [0.717, 1.165) is 52.7 Å². The van der Waals surface area contributed by atoms with Gasteiger partial charge in [-0.3, -0.25) is 9.10 Å². The van der Waals surface area contributed by atoms with E-state index in [9.17, 15) is 22.0 Å². The van der Waals surface area contributed by atoms with Crippen LogP contribution in [-0.2, 0) is 21.2 Å². The Balaban J connectivity index is 1.71. The summed E-state index contributed by atoms with van der Waals surface area (Å²) in [5.74, 6) is -1.61. The number of aryl methyl sites for hydroxylation is 1. The molecule has 162 valence electrons. The largest absolute Gasteiger partial charge is 0.355 e. The van der Waals surface area contributed by atoms with E-state index < -0.39 is 34.1 Å². The van der Waals surface area contributed by atoms with Crippen molar-refractivity contribution in [2.24, 2.45) is 0 Å². The van der Waals surface area contributed by atoms with Crippen LogP contribution >= 0.6 is 0 Å². The number of halogens is 2. The van der Waals surface area contributed by atoms with Gasteiger partial charge in [-0.2, -0.15) is 0 Å². The van der Waals surface area contributed by atoms with Crippen molar-refractivity contribution >= 4 is 21.6 Å². The summed E-state index contributed by atoms with van der Waals surface area (Å²) >= 11 is 0. The second kappa shape index (κ2) is 10.2. The van der Waals surface area contributed by atoms with Crippen LogP contribution in [0.4, 0.5) is 14.5 Å². The Morgan fingerprint density at radius 1 is 0.839 bits per heavy atom. The lowest BCUT2D eigenvalue weighted by Crippen LogP contribution is -2.41. The maximum atomic E-state index is 13.3. The maximum absolute atomic E-state index is 13.3. The SMILES string of the molecule is O=C(CN(c1ccc(F)cc1)S(=O)(=O)c1ccc(F)cc1)NCCCc1ccccc1. The van der Waals surface area contributed by atoms with E-state index in [0.29, 0.717) is 13.0 Å². The van der Waals surface area contributed by atoms with E-state index in [2.05, 4.69) is 5.32 Å². The normalized spacial score (nSPS) is 11.2. The highest BCUT2D eigenvalue weighted by Crippen LogP contribution is 2.24. The van der Waals surface area contributed by atoms with Crippen LogP contribution in [-0.4, -0.2) is 27.4 Å². The molecule has 0 atom stereocenters. The van der Waals surface area contributed by atoms with Crippen LogP contribution in [0.2, 0.25) is 0 Å². The third kappa shape index (κ3) is 6.11. The van der Waals surface area contributed by atoms with Crippen LogP contribution in [0, 0.1) is 11.6 Å². The minimum Gasteiger partial charge on any atom is -0.355 e. The number of nitrogens with one attached hydrogen (secondary N) is 1. The summed E-state index contributed by atoms with van der Waals surface area (Å²) in [6.07, 6.45) is 1.47. The lowest BCUT2D eigenvalue weighted by atomic mass is 10.1. The predicted octanol–water partition coefficient (Wildman–Crippen LogP) is 3.91. The number of sulfonamides is 1. The molecule has 5 nitrogen and oxygen atoms in total. The van der Waals surface area contributed by atoms with Gasteiger partial charge in [0.05, 0.1) is 10.6 Å². The molecule has 0 unspecified atom stereocenters. The summed E-state index contributed by atoms with van der Waals surface area (Å²) in [6, 6.07) is 18.9. The van der Waals surface area contributed by atoms with Gasteiger partial charge in [0, 0.05) is 6.54 Å². The van der Waals surface area contributed by atoms with Gasteiger partial charge in [-0.25, -0.2) is 17.2 Å². The number of rotatable bonds is 9. The van der Waals surface area contributed by atoms with Crippen molar-refractivity contribution in [1.82, 2.24) is 5.32 Å². The van der Waals surface area contributed by atoms with Crippen molar-refractivity contribution in [2.75, 3.05) is 17.4 Å². The van der Waals surface area contributed by atoms with Gasteiger partial charge in [-0.1, -0.05) is 30.3 Å². The topological polar surface area (TPSA) is 66.5 Å². The summed E-state index contributed by atoms with van der Waals surface area (Å²) < 4.78 is 53.7. The van der Waals surface area contributed by atoms with E-state index in [1.54, 1.807) is 0 Å². The average Bonchev–Trinajstić information content (AvgIpc) is 2.77. The first-order valence-electron chi connectivity index (χ1n) is 9.71. The van der Waals surface area contributed by atoms with Crippen LogP contribution < -0.4 is 9.62 Å². The van der Waals surface area contributed by atoms with E-state index >= 15 is 0 Å². The fraction of sp³-hybridized carbons (Fsp3) is 0.174. The molecule has 0 heterocycles. The maximum Gasteiger partial charge on any atom is 0.264 e. The number of hydrogen-bond donors (Lipinski definition) is 1. The van der Waals surface area contributed by atoms with Gasteiger partial charge in [0.1, 0.15) is 18.2 Å². The Bertz CT molecular complexity index is 1100. The highest BCUT2D eigenvalue weighted by atomic mass is 32.2. The summed E-state index contributed by atoms with van der Waals surface area (Å²) in [7, 11) is -4.17. The third-order valence-electron chi connectivity index (χ3n) is 4.61. The Morgan fingerprint density at radius 2 is 1.42 bits per heavy atom. The Labute approximate surface area is 180 Å². The summed E-state index contributed by atoms with van der Waals surface area (Å²) in [6.45, 7) is -0.113. The second-order valence-corrected chi connectivity index (χ2v) is 8.74. The van der Waals surface area contributed by atoms with Gasteiger partial charge in [0.2, 0.25) is 5.91 Å². The Morgan fingerprint density at radius 3 is 2.03 bits per heavy atom. The first-order valence-corrected chi connectivity index (χ1v) is 11.1. The molecule has 0 aliphatic heterocycles. The molecule has 3 aromatic carbocycles. The monoisotopic (exact) mass is 444 g/mol. The number of amides is 1. The zero-order valence-electron chi connectivity index (χ0n) is 16.7. The third-order valence-corrected chi connectivity index (χ3v) is 6.40. The van der Waals surface area contributed by atoms with Crippen molar-refractivity contribution < 1.29 is 22.0 Å². The molecule has 0 radical (unpaired) electrons. The van der Waals surface area contributed by atoms with Crippen LogP contribution in [0.15, 0.2) is 83.8 Å². The van der Waals surface area contributed by atoms with Crippen molar-refractivity contribution in [1.29, 1.82) is 0 Å². The molecule has 0 aliphatic carbocycles. The average molecular weight is 445 g/mol. The standard InChI is InChI=1S/C23H22F2N2O3S/c24-19-8-12-21(13-9-19)27(31(29,30)22-14-10-20(25)11-15-22)17-23(28)26-16-4-7-18-5-2-1-3-6-18/h1-3,5-6,8-15H,4,7,16-17H2,(H,26,28). The van der Waals surface area contributed by atoms with Crippen LogP contribution in [0.3, 0.4) is 0 Å². The van der Waals surface area contributed by atoms with Crippen molar-refractivity contribution in [3.05, 3.63) is 96.1 Å². The molecular weight excluding hydrogens is 422 g/mol.